The van der Waals surface area contributed by atoms with E-state index in [0.29, 0.717) is 33.1 Å². The van der Waals surface area contributed by atoms with Gasteiger partial charge >= 0.3 is 5.97 Å². The number of aliphatic carboxylic acids is 1. The number of fused-ring (bicyclic) bond motifs is 1. The first-order valence-electron chi connectivity index (χ1n) is 8.84. The standard InChI is InChI=1S/C18H19N5O3S2/c24-8-12(16(25)26)20-14-13-15(23-18(28-13)19-11-6-7-11)22-17(21-14)27-9-10-4-2-1-3-5-10/h1-5,11-12,24H,6-9H2,(H,25,26)(H2,19,20,21,22,23)/t12-/m0/s1. The van der Waals surface area contributed by atoms with E-state index in [4.69, 9.17) is 0 Å². The second-order valence-electron chi connectivity index (χ2n) is 6.44. The normalized spacial score (nSPS) is 14.8. The van der Waals surface area contributed by atoms with Crippen molar-refractivity contribution in [3.05, 3.63) is 35.9 Å². The fourth-order valence-electron chi connectivity index (χ4n) is 2.50. The number of thiazole rings is 1. The van der Waals surface area contributed by atoms with Crippen molar-refractivity contribution in [3.63, 3.8) is 0 Å². The maximum absolute atomic E-state index is 11.3. The molecule has 2 heterocycles. The average Bonchev–Trinajstić information content (AvgIpc) is 3.41. The van der Waals surface area contributed by atoms with Crippen LogP contribution in [0.2, 0.25) is 0 Å². The van der Waals surface area contributed by atoms with E-state index in [2.05, 4.69) is 25.6 Å². The maximum atomic E-state index is 11.3. The number of aromatic nitrogens is 3. The molecule has 4 rings (SSSR count). The number of thioether (sulfide) groups is 1. The lowest BCUT2D eigenvalue weighted by molar-refractivity contribution is -0.138. The Hall–Kier alpha value is -2.43. The van der Waals surface area contributed by atoms with E-state index in [1.54, 1.807) is 0 Å². The van der Waals surface area contributed by atoms with Gasteiger partial charge in [-0.3, -0.25) is 0 Å². The van der Waals surface area contributed by atoms with Crippen LogP contribution in [0.15, 0.2) is 35.5 Å². The molecule has 0 bridgehead atoms. The average molecular weight is 418 g/mol. The zero-order valence-electron chi connectivity index (χ0n) is 14.8. The fraction of sp³-hybridized carbons (Fsp3) is 0.333. The van der Waals surface area contributed by atoms with Crippen molar-refractivity contribution in [3.8, 4) is 0 Å². The van der Waals surface area contributed by atoms with Crippen LogP contribution < -0.4 is 10.6 Å². The zero-order chi connectivity index (χ0) is 19.5. The highest BCUT2D eigenvalue weighted by molar-refractivity contribution is 7.98. The lowest BCUT2D eigenvalue weighted by Gasteiger charge is -2.13. The van der Waals surface area contributed by atoms with E-state index < -0.39 is 18.6 Å². The molecule has 2 aromatic heterocycles. The SMILES string of the molecule is O=C(O)[C@H](CO)Nc1nc(SCc2ccccc2)nc2nc(NC3CC3)sc12. The van der Waals surface area contributed by atoms with Crippen molar-refractivity contribution >= 4 is 50.4 Å². The van der Waals surface area contributed by atoms with E-state index in [0.717, 1.165) is 23.5 Å². The summed E-state index contributed by atoms with van der Waals surface area (Å²) in [4.78, 5) is 24.9. The van der Waals surface area contributed by atoms with Crippen molar-refractivity contribution in [2.75, 3.05) is 17.2 Å². The first-order chi connectivity index (χ1) is 13.6. The summed E-state index contributed by atoms with van der Waals surface area (Å²) in [6, 6.07) is 9.26. The molecule has 0 aliphatic heterocycles. The van der Waals surface area contributed by atoms with E-state index in [1.165, 1.54) is 23.1 Å². The second-order valence-corrected chi connectivity index (χ2v) is 8.38. The summed E-state index contributed by atoms with van der Waals surface area (Å²) in [7, 11) is 0. The Morgan fingerprint density at radius 2 is 2.04 bits per heavy atom. The van der Waals surface area contributed by atoms with Gasteiger partial charge in [0.2, 0.25) is 0 Å². The van der Waals surface area contributed by atoms with Crippen molar-refractivity contribution in [1.29, 1.82) is 0 Å². The molecule has 28 heavy (non-hydrogen) atoms. The molecule has 1 fully saturated rings. The molecule has 1 atom stereocenters. The van der Waals surface area contributed by atoms with E-state index in [9.17, 15) is 15.0 Å². The van der Waals surface area contributed by atoms with Crippen LogP contribution in [0.3, 0.4) is 0 Å². The number of carboxylic acid groups (broad SMARTS) is 1. The summed E-state index contributed by atoms with van der Waals surface area (Å²) in [6.07, 6.45) is 2.24. The number of hydrogen-bond donors (Lipinski definition) is 4. The van der Waals surface area contributed by atoms with Gasteiger partial charge in [-0.05, 0) is 18.4 Å². The first kappa shape index (κ1) is 18.9. The van der Waals surface area contributed by atoms with Crippen LogP contribution in [0.1, 0.15) is 18.4 Å². The fourth-order valence-corrected chi connectivity index (χ4v) is 4.23. The van der Waals surface area contributed by atoms with E-state index >= 15 is 0 Å². The smallest absolute Gasteiger partial charge is 0.328 e. The maximum Gasteiger partial charge on any atom is 0.328 e. The second kappa shape index (κ2) is 8.29. The van der Waals surface area contributed by atoms with Crippen LogP contribution in [0, 0.1) is 0 Å². The van der Waals surface area contributed by atoms with Gasteiger partial charge in [-0.15, -0.1) is 0 Å². The first-order valence-corrected chi connectivity index (χ1v) is 10.6. The zero-order valence-corrected chi connectivity index (χ0v) is 16.5. The summed E-state index contributed by atoms with van der Waals surface area (Å²) in [5.41, 5.74) is 1.65. The summed E-state index contributed by atoms with van der Waals surface area (Å²) >= 11 is 2.84. The number of carboxylic acids is 1. The Kier molecular flexibility index (Phi) is 5.60. The Labute approximate surface area is 169 Å². The highest BCUT2D eigenvalue weighted by Crippen LogP contribution is 2.35. The van der Waals surface area contributed by atoms with Crippen molar-refractivity contribution in [2.45, 2.75) is 35.8 Å². The number of rotatable bonds is 9. The predicted octanol–water partition coefficient (Wildman–Crippen LogP) is 2.81. The van der Waals surface area contributed by atoms with Crippen LogP contribution in [-0.4, -0.2) is 49.8 Å². The van der Waals surface area contributed by atoms with Gasteiger partial charge in [0, 0.05) is 11.8 Å². The molecule has 3 aromatic rings. The molecule has 0 amide bonds. The Balaban J connectivity index is 1.63. The minimum Gasteiger partial charge on any atom is -0.480 e. The summed E-state index contributed by atoms with van der Waals surface area (Å²) in [6.45, 7) is -0.542. The molecule has 1 aliphatic rings. The molecule has 4 N–H and O–H groups in total. The molecule has 1 aromatic carbocycles. The molecule has 1 saturated carbocycles. The summed E-state index contributed by atoms with van der Waals surface area (Å²) < 4.78 is 0.673. The molecule has 1 aliphatic carbocycles. The van der Waals surface area contributed by atoms with Gasteiger partial charge in [-0.1, -0.05) is 53.4 Å². The molecule has 0 unspecified atom stereocenters. The Morgan fingerprint density at radius 1 is 1.25 bits per heavy atom. The molecule has 0 spiro atoms. The Morgan fingerprint density at radius 3 is 2.71 bits per heavy atom. The molecule has 0 radical (unpaired) electrons. The lowest BCUT2D eigenvalue weighted by atomic mass is 10.2. The summed E-state index contributed by atoms with van der Waals surface area (Å²) in [5.74, 6) is -0.0807. The minimum absolute atomic E-state index is 0.378. The third-order valence-corrected chi connectivity index (χ3v) is 6.04. The number of benzene rings is 1. The molecular weight excluding hydrogens is 398 g/mol. The topological polar surface area (TPSA) is 120 Å². The number of aliphatic hydroxyl groups is 1. The van der Waals surface area contributed by atoms with E-state index in [1.807, 2.05) is 30.3 Å². The highest BCUT2D eigenvalue weighted by Gasteiger charge is 2.24. The van der Waals surface area contributed by atoms with Gasteiger partial charge in [-0.2, -0.15) is 4.98 Å². The van der Waals surface area contributed by atoms with Gasteiger partial charge in [-0.25, -0.2) is 14.8 Å². The van der Waals surface area contributed by atoms with Crippen molar-refractivity contribution < 1.29 is 15.0 Å². The monoisotopic (exact) mass is 417 g/mol. The number of aliphatic hydroxyl groups excluding tert-OH is 1. The van der Waals surface area contributed by atoms with Gasteiger partial charge in [0.25, 0.3) is 0 Å². The third-order valence-electron chi connectivity index (χ3n) is 4.14. The third kappa shape index (κ3) is 4.51. The highest BCUT2D eigenvalue weighted by atomic mass is 32.2. The lowest BCUT2D eigenvalue weighted by Crippen LogP contribution is -2.33. The summed E-state index contributed by atoms with van der Waals surface area (Å²) in [5, 5.41) is 26.0. The molecule has 10 heteroatoms. The molecule has 0 saturated heterocycles. The number of hydrogen-bond acceptors (Lipinski definition) is 9. The number of carbonyl (C=O) groups is 1. The van der Waals surface area contributed by atoms with Gasteiger partial charge in [0.15, 0.2) is 21.8 Å². The van der Waals surface area contributed by atoms with Crippen LogP contribution in [0.25, 0.3) is 10.3 Å². The van der Waals surface area contributed by atoms with Gasteiger partial charge in [0.05, 0.1) is 6.61 Å². The number of nitrogens with zero attached hydrogens (tertiary/aromatic N) is 3. The quantitative estimate of drug-likeness (QED) is 0.308. The van der Waals surface area contributed by atoms with E-state index in [-0.39, 0.29) is 0 Å². The van der Waals surface area contributed by atoms with Gasteiger partial charge < -0.3 is 20.8 Å². The van der Waals surface area contributed by atoms with Crippen molar-refractivity contribution in [1.82, 2.24) is 15.0 Å². The van der Waals surface area contributed by atoms with Crippen molar-refractivity contribution in [2.24, 2.45) is 0 Å². The predicted molar refractivity (Wildman–Crippen MR) is 110 cm³/mol. The van der Waals surface area contributed by atoms with Crippen LogP contribution in [-0.2, 0) is 10.5 Å². The van der Waals surface area contributed by atoms with Crippen LogP contribution in [0.4, 0.5) is 10.9 Å². The minimum atomic E-state index is -1.15. The number of anilines is 2. The van der Waals surface area contributed by atoms with Crippen LogP contribution in [0.5, 0.6) is 0 Å². The molecule has 8 nitrogen and oxygen atoms in total. The Bertz CT molecular complexity index is 978. The molecular formula is C18H19N5O3S2. The van der Waals surface area contributed by atoms with Crippen LogP contribution >= 0.6 is 23.1 Å². The number of nitrogens with one attached hydrogen (secondary N) is 2. The van der Waals surface area contributed by atoms with Gasteiger partial charge in [0.1, 0.15) is 10.7 Å². The molecule has 146 valence electrons. The largest absolute Gasteiger partial charge is 0.480 e.